The summed E-state index contributed by atoms with van der Waals surface area (Å²) >= 11 is 13.3. The Hall–Kier alpha value is -3.54. The highest BCUT2D eigenvalue weighted by Gasteiger charge is 2.27. The molecular weight excluding hydrogens is 525 g/mol. The second-order valence-corrected chi connectivity index (χ2v) is 10.8. The number of halogens is 2. The number of nitrogens with zero attached hydrogens (tertiary/aromatic N) is 3. The van der Waals surface area contributed by atoms with E-state index in [1.54, 1.807) is 6.07 Å². The van der Waals surface area contributed by atoms with Gasteiger partial charge in [0.2, 0.25) is 0 Å². The number of rotatable bonds is 9. The number of likely N-dealkylation sites (tertiary alicyclic amines) is 1. The molecule has 0 aromatic heterocycles. The van der Waals surface area contributed by atoms with Crippen molar-refractivity contribution in [3.05, 3.63) is 105 Å². The molecule has 2 aliphatic rings. The Morgan fingerprint density at radius 1 is 1.03 bits per heavy atom. The van der Waals surface area contributed by atoms with Crippen LogP contribution in [-0.4, -0.2) is 31.1 Å². The third kappa shape index (κ3) is 5.75. The molecule has 1 aliphatic heterocycles. The van der Waals surface area contributed by atoms with Crippen LogP contribution in [0.2, 0.25) is 5.02 Å². The molecule has 1 aliphatic carbocycles. The maximum atomic E-state index is 9.92. The predicted octanol–water partition coefficient (Wildman–Crippen LogP) is 7.96. The van der Waals surface area contributed by atoms with Crippen LogP contribution < -0.4 is 4.74 Å². The molecule has 0 bridgehead atoms. The van der Waals surface area contributed by atoms with Crippen molar-refractivity contribution in [3.8, 4) is 17.9 Å². The van der Waals surface area contributed by atoms with E-state index in [0.717, 1.165) is 76.7 Å². The van der Waals surface area contributed by atoms with Gasteiger partial charge in [-0.25, -0.2) is 0 Å². The van der Waals surface area contributed by atoms with Gasteiger partial charge in [0, 0.05) is 37.5 Å². The number of ether oxygens (including phenoxy) is 1. The predicted molar refractivity (Wildman–Crippen MR) is 158 cm³/mol. The Bertz CT molecular complexity index is 1520. The van der Waals surface area contributed by atoms with Crippen molar-refractivity contribution in [2.24, 2.45) is 5.92 Å². The van der Waals surface area contributed by atoms with Crippen LogP contribution in [0.1, 0.15) is 47.6 Å². The third-order valence-corrected chi connectivity index (χ3v) is 8.17. The van der Waals surface area contributed by atoms with Crippen molar-refractivity contribution in [2.75, 3.05) is 26.2 Å². The summed E-state index contributed by atoms with van der Waals surface area (Å²) in [5, 5.41) is 20.0. The number of allylic oxidation sites excluding steroid dienone is 3. The Morgan fingerprint density at radius 2 is 1.79 bits per heavy atom. The molecule has 0 spiro atoms. The summed E-state index contributed by atoms with van der Waals surface area (Å²) in [6.45, 7) is 5.50. The second kappa shape index (κ2) is 12.1. The van der Waals surface area contributed by atoms with Crippen LogP contribution in [0.4, 0.5) is 0 Å². The summed E-state index contributed by atoms with van der Waals surface area (Å²) in [5.41, 5.74) is 7.87. The fraction of sp³-hybridized carbons (Fsp3) is 0.273. The molecule has 0 radical (unpaired) electrons. The number of hydrogen-bond donors (Lipinski definition) is 0. The molecule has 5 rings (SSSR count). The zero-order valence-electron chi connectivity index (χ0n) is 21.9. The van der Waals surface area contributed by atoms with E-state index in [1.165, 1.54) is 5.56 Å². The Morgan fingerprint density at radius 3 is 2.49 bits per heavy atom. The first-order chi connectivity index (χ1) is 19.0. The minimum absolute atomic E-state index is 0.497. The molecule has 4 nitrogen and oxygen atoms in total. The first kappa shape index (κ1) is 27.0. The summed E-state index contributed by atoms with van der Waals surface area (Å²) in [6, 6.07) is 26.5. The van der Waals surface area contributed by atoms with Gasteiger partial charge < -0.3 is 4.74 Å². The van der Waals surface area contributed by atoms with Gasteiger partial charge in [-0.1, -0.05) is 72.6 Å². The van der Waals surface area contributed by atoms with Crippen LogP contribution in [0, 0.1) is 28.6 Å². The van der Waals surface area contributed by atoms with E-state index < -0.39 is 0 Å². The molecule has 0 N–H and O–H groups in total. The number of hydrogen-bond acceptors (Lipinski definition) is 4. The van der Waals surface area contributed by atoms with E-state index >= 15 is 0 Å². The maximum absolute atomic E-state index is 9.92. The van der Waals surface area contributed by atoms with E-state index in [9.17, 15) is 5.26 Å². The van der Waals surface area contributed by atoms with E-state index in [2.05, 4.69) is 48.2 Å². The lowest BCUT2D eigenvalue weighted by atomic mass is 9.85. The zero-order chi connectivity index (χ0) is 27.4. The molecule has 0 unspecified atom stereocenters. The quantitative estimate of drug-likeness (QED) is 0.252. The Kier molecular flexibility index (Phi) is 8.39. The van der Waals surface area contributed by atoms with Crippen LogP contribution in [0.15, 0.2) is 72.3 Å². The van der Waals surface area contributed by atoms with Gasteiger partial charge in [0.25, 0.3) is 0 Å². The van der Waals surface area contributed by atoms with Gasteiger partial charge in [0.1, 0.15) is 12.4 Å². The van der Waals surface area contributed by atoms with E-state index in [1.807, 2.05) is 36.4 Å². The molecule has 0 atom stereocenters. The van der Waals surface area contributed by atoms with Crippen molar-refractivity contribution in [2.45, 2.75) is 26.2 Å². The van der Waals surface area contributed by atoms with Crippen molar-refractivity contribution in [3.63, 3.8) is 0 Å². The number of benzene rings is 3. The second-order valence-electron chi connectivity index (χ2n) is 10.00. The molecule has 0 saturated carbocycles. The summed E-state index contributed by atoms with van der Waals surface area (Å²) in [5.74, 6) is 1.31. The molecule has 1 saturated heterocycles. The molecule has 39 heavy (non-hydrogen) atoms. The summed E-state index contributed by atoms with van der Waals surface area (Å²) in [6.07, 6.45) is 2.08. The maximum Gasteiger partial charge on any atom is 0.119 e. The fourth-order valence-corrected chi connectivity index (χ4v) is 6.07. The average Bonchev–Trinajstić information content (AvgIpc) is 3.26. The van der Waals surface area contributed by atoms with Gasteiger partial charge in [-0.15, -0.1) is 0 Å². The Labute approximate surface area is 240 Å². The number of fused-ring (bicyclic) bond motifs is 1. The smallest absolute Gasteiger partial charge is 0.119 e. The minimum Gasteiger partial charge on any atom is -0.492 e. The lowest BCUT2D eigenvalue weighted by Gasteiger charge is -2.37. The molecule has 0 amide bonds. The van der Waals surface area contributed by atoms with Gasteiger partial charge in [-0.05, 0) is 75.6 Å². The molecule has 1 heterocycles. The van der Waals surface area contributed by atoms with Crippen LogP contribution in [0.5, 0.6) is 5.75 Å². The highest BCUT2D eigenvalue weighted by Crippen LogP contribution is 2.46. The van der Waals surface area contributed by atoms with Gasteiger partial charge in [-0.3, -0.25) is 4.90 Å². The van der Waals surface area contributed by atoms with Gasteiger partial charge >= 0.3 is 0 Å². The monoisotopic (exact) mass is 553 g/mol. The number of nitriles is 2. The van der Waals surface area contributed by atoms with Crippen LogP contribution in [0.3, 0.4) is 0 Å². The van der Waals surface area contributed by atoms with E-state index in [0.29, 0.717) is 29.5 Å². The highest BCUT2D eigenvalue weighted by molar-refractivity contribution is 6.51. The summed E-state index contributed by atoms with van der Waals surface area (Å²) in [4.78, 5) is 2.32. The summed E-state index contributed by atoms with van der Waals surface area (Å²) < 4.78 is 6.04. The van der Waals surface area contributed by atoms with Crippen LogP contribution >= 0.6 is 23.2 Å². The Balaban J connectivity index is 1.47. The molecule has 1 fully saturated rings. The fourth-order valence-electron chi connectivity index (χ4n) is 5.55. The summed E-state index contributed by atoms with van der Waals surface area (Å²) in [7, 11) is 0. The molecule has 6 heteroatoms. The molecule has 3 aromatic carbocycles. The van der Waals surface area contributed by atoms with Gasteiger partial charge in [-0.2, -0.15) is 10.5 Å². The van der Waals surface area contributed by atoms with Crippen LogP contribution in [0.25, 0.3) is 16.2 Å². The SMILES string of the molecule is CC/C(=C(\C1=C(Cl)c2ccccc2C1)c1ccc(OCCN2CC(CC#N)C2)cc1)c1ccc(Cl)cc1C#N. The van der Waals surface area contributed by atoms with Crippen molar-refractivity contribution >= 4 is 39.4 Å². The minimum atomic E-state index is 0.497. The first-order valence-corrected chi connectivity index (χ1v) is 14.0. The molecule has 196 valence electrons. The van der Waals surface area contributed by atoms with E-state index in [-0.39, 0.29) is 0 Å². The van der Waals surface area contributed by atoms with Crippen LogP contribution in [-0.2, 0) is 6.42 Å². The van der Waals surface area contributed by atoms with E-state index in [4.69, 9.17) is 33.2 Å². The van der Waals surface area contributed by atoms with Crippen molar-refractivity contribution < 1.29 is 4.74 Å². The van der Waals surface area contributed by atoms with Crippen molar-refractivity contribution in [1.82, 2.24) is 4.90 Å². The molecule has 3 aromatic rings. The van der Waals surface area contributed by atoms with Crippen molar-refractivity contribution in [1.29, 1.82) is 10.5 Å². The lowest BCUT2D eigenvalue weighted by molar-refractivity contribution is 0.0854. The molecular formula is C33H29Cl2N3O. The topological polar surface area (TPSA) is 60.0 Å². The first-order valence-electron chi connectivity index (χ1n) is 13.2. The third-order valence-electron chi connectivity index (χ3n) is 7.50. The zero-order valence-corrected chi connectivity index (χ0v) is 23.4. The normalized spacial score (nSPS) is 15.7. The highest BCUT2D eigenvalue weighted by atomic mass is 35.5. The standard InChI is InChI=1S/C33H29Cl2N3O/c1-2-28(29-12-9-26(34)17-25(29)19-37)32(31-18-24-5-3-4-6-30(24)33(31)35)23-7-10-27(11-8-23)39-16-15-38-20-22(21-38)13-14-36/h3-12,17,22H,2,13,15-16,18,20-21H2,1H3/b32-28+. The van der Waals surface area contributed by atoms with Gasteiger partial charge in [0.15, 0.2) is 0 Å². The average molecular weight is 555 g/mol. The largest absolute Gasteiger partial charge is 0.492 e. The lowest BCUT2D eigenvalue weighted by Crippen LogP contribution is -2.47. The van der Waals surface area contributed by atoms with Gasteiger partial charge in [0.05, 0.1) is 22.7 Å².